The minimum Gasteiger partial charge on any atom is -0.302 e. The zero-order valence-corrected chi connectivity index (χ0v) is 15.5. The van der Waals surface area contributed by atoms with Crippen molar-refractivity contribution in [2.75, 3.05) is 5.32 Å². The highest BCUT2D eigenvalue weighted by Gasteiger charge is 2.18. The fourth-order valence-corrected chi connectivity index (χ4v) is 3.65. The molecule has 0 bridgehead atoms. The molecule has 1 aromatic heterocycles. The summed E-state index contributed by atoms with van der Waals surface area (Å²) in [5.74, 6) is -0.0543. The van der Waals surface area contributed by atoms with E-state index in [-0.39, 0.29) is 17.6 Å². The lowest BCUT2D eigenvalue weighted by atomic mass is 9.98. The molecule has 132 valence electrons. The van der Waals surface area contributed by atoms with E-state index in [0.717, 1.165) is 11.1 Å². The van der Waals surface area contributed by atoms with Crippen LogP contribution in [0.4, 0.5) is 5.13 Å². The van der Waals surface area contributed by atoms with Crippen LogP contribution in [0.25, 0.3) is 11.3 Å². The molecule has 0 saturated heterocycles. The number of ketones is 1. The molecule has 0 fully saturated rings. The minimum atomic E-state index is -0.107. The first-order valence-corrected chi connectivity index (χ1v) is 9.28. The Balaban J connectivity index is 1.76. The maximum Gasteiger partial charge on any atom is 0.226 e. The average Bonchev–Trinajstić information content (AvgIpc) is 3.07. The average molecular weight is 364 g/mol. The Bertz CT molecular complexity index is 904. The molecular formula is C21H20N2O2S. The van der Waals surface area contributed by atoms with Crippen LogP contribution in [0.1, 0.15) is 41.4 Å². The molecule has 0 spiro atoms. The number of carbonyl (C=O) groups is 2. The number of benzene rings is 2. The lowest BCUT2D eigenvalue weighted by Crippen LogP contribution is -2.14. The van der Waals surface area contributed by atoms with Crippen molar-refractivity contribution >= 4 is 28.2 Å². The Morgan fingerprint density at radius 2 is 1.65 bits per heavy atom. The van der Waals surface area contributed by atoms with Gasteiger partial charge in [-0.1, -0.05) is 78.9 Å². The molecule has 0 saturated carbocycles. The maximum absolute atomic E-state index is 12.4. The van der Waals surface area contributed by atoms with Crippen molar-refractivity contribution < 1.29 is 9.59 Å². The number of nitrogens with one attached hydrogen (secondary N) is 1. The van der Waals surface area contributed by atoms with Gasteiger partial charge in [-0.05, 0) is 11.5 Å². The predicted octanol–water partition coefficient (Wildman–Crippen LogP) is 5.15. The zero-order valence-electron chi connectivity index (χ0n) is 14.7. The van der Waals surface area contributed by atoms with Gasteiger partial charge in [-0.3, -0.25) is 9.59 Å². The molecule has 0 radical (unpaired) electrons. The molecule has 1 amide bonds. The molecule has 26 heavy (non-hydrogen) atoms. The van der Waals surface area contributed by atoms with Crippen molar-refractivity contribution in [3.05, 3.63) is 71.1 Å². The van der Waals surface area contributed by atoms with Crippen molar-refractivity contribution in [2.45, 2.75) is 26.2 Å². The Kier molecular flexibility index (Phi) is 5.58. The van der Waals surface area contributed by atoms with Gasteiger partial charge in [-0.25, -0.2) is 4.98 Å². The molecule has 3 rings (SSSR count). The van der Waals surface area contributed by atoms with Crippen LogP contribution in [0.3, 0.4) is 0 Å². The van der Waals surface area contributed by atoms with Crippen LogP contribution >= 0.6 is 11.3 Å². The third-order valence-corrected chi connectivity index (χ3v) is 5.17. The first kappa shape index (κ1) is 18.0. The van der Waals surface area contributed by atoms with Crippen molar-refractivity contribution in [2.24, 2.45) is 0 Å². The zero-order chi connectivity index (χ0) is 18.5. The molecule has 0 aliphatic rings. The quantitative estimate of drug-likeness (QED) is 0.616. The molecule has 1 atom stereocenters. The van der Waals surface area contributed by atoms with Gasteiger partial charge >= 0.3 is 0 Å². The van der Waals surface area contributed by atoms with Gasteiger partial charge in [0.05, 0.1) is 10.6 Å². The number of amides is 1. The summed E-state index contributed by atoms with van der Waals surface area (Å²) in [7, 11) is 0. The molecule has 1 N–H and O–H groups in total. The van der Waals surface area contributed by atoms with Crippen LogP contribution in [0.15, 0.2) is 60.7 Å². The summed E-state index contributed by atoms with van der Waals surface area (Å²) in [6, 6.07) is 19.5. The fourth-order valence-electron chi connectivity index (χ4n) is 2.75. The summed E-state index contributed by atoms with van der Waals surface area (Å²) in [4.78, 5) is 29.4. The van der Waals surface area contributed by atoms with Crippen molar-refractivity contribution in [3.63, 3.8) is 0 Å². The van der Waals surface area contributed by atoms with Crippen LogP contribution in [-0.2, 0) is 4.79 Å². The fraction of sp³-hybridized carbons (Fsp3) is 0.190. The number of anilines is 1. The summed E-state index contributed by atoms with van der Waals surface area (Å²) in [5, 5.41) is 3.30. The second-order valence-electron chi connectivity index (χ2n) is 6.18. The predicted molar refractivity (Wildman–Crippen MR) is 106 cm³/mol. The number of hydrogen-bond donors (Lipinski definition) is 1. The maximum atomic E-state index is 12.4. The Hall–Kier alpha value is -2.79. The van der Waals surface area contributed by atoms with Gasteiger partial charge in [0.15, 0.2) is 10.9 Å². The summed E-state index contributed by atoms with van der Waals surface area (Å²) in [6.07, 6.45) is 0.361. The molecule has 0 aliphatic carbocycles. The van der Waals surface area contributed by atoms with Crippen molar-refractivity contribution in [3.8, 4) is 11.3 Å². The van der Waals surface area contributed by atoms with Gasteiger partial charge in [-0.15, -0.1) is 0 Å². The third kappa shape index (κ3) is 4.24. The lowest BCUT2D eigenvalue weighted by molar-refractivity contribution is -0.116. The molecule has 1 unspecified atom stereocenters. The van der Waals surface area contributed by atoms with E-state index in [9.17, 15) is 9.59 Å². The number of carbonyl (C=O) groups excluding carboxylic acids is 2. The van der Waals surface area contributed by atoms with E-state index in [4.69, 9.17) is 0 Å². The molecule has 3 aromatic rings. The van der Waals surface area contributed by atoms with E-state index in [1.165, 1.54) is 18.3 Å². The monoisotopic (exact) mass is 364 g/mol. The summed E-state index contributed by atoms with van der Waals surface area (Å²) >= 11 is 1.22. The van der Waals surface area contributed by atoms with Crippen molar-refractivity contribution in [1.29, 1.82) is 0 Å². The van der Waals surface area contributed by atoms with Crippen LogP contribution in [0, 0.1) is 0 Å². The van der Waals surface area contributed by atoms with Crippen LogP contribution < -0.4 is 5.32 Å². The van der Waals surface area contributed by atoms with Crippen LogP contribution in [-0.4, -0.2) is 16.7 Å². The molecule has 0 aliphatic heterocycles. The summed E-state index contributed by atoms with van der Waals surface area (Å²) in [6.45, 7) is 3.54. The van der Waals surface area contributed by atoms with Gasteiger partial charge in [0.25, 0.3) is 0 Å². The van der Waals surface area contributed by atoms with Gasteiger partial charge < -0.3 is 5.32 Å². The summed E-state index contributed by atoms with van der Waals surface area (Å²) < 4.78 is 0. The Morgan fingerprint density at radius 1 is 1.04 bits per heavy atom. The van der Waals surface area contributed by atoms with Crippen molar-refractivity contribution in [1.82, 2.24) is 4.98 Å². The van der Waals surface area contributed by atoms with Gasteiger partial charge in [0, 0.05) is 18.9 Å². The normalized spacial score (nSPS) is 11.8. The summed E-state index contributed by atoms with van der Waals surface area (Å²) in [5.41, 5.74) is 2.61. The SMILES string of the molecule is CC(=O)c1sc(NC(=O)CC(C)c2ccccc2)nc1-c1ccccc1. The Morgan fingerprint density at radius 3 is 2.27 bits per heavy atom. The van der Waals surface area contributed by atoms with Gasteiger partial charge in [0.2, 0.25) is 5.91 Å². The number of nitrogens with zero attached hydrogens (tertiary/aromatic N) is 1. The number of aromatic nitrogens is 1. The largest absolute Gasteiger partial charge is 0.302 e. The van der Waals surface area contributed by atoms with E-state index < -0.39 is 0 Å². The second kappa shape index (κ2) is 8.06. The molecule has 4 nitrogen and oxygen atoms in total. The number of Topliss-reactive ketones (excluding diaryl/α,β-unsaturated/α-hetero) is 1. The van der Waals surface area contributed by atoms with E-state index in [0.29, 0.717) is 22.1 Å². The standard InChI is InChI=1S/C21H20N2O2S/c1-14(16-9-5-3-6-10-16)13-18(25)22-21-23-19(20(26-21)15(2)24)17-11-7-4-8-12-17/h3-12,14H,13H2,1-2H3,(H,22,23,25). The number of thiazole rings is 1. The van der Waals surface area contributed by atoms with Gasteiger partial charge in [0.1, 0.15) is 0 Å². The highest BCUT2D eigenvalue weighted by Crippen LogP contribution is 2.32. The van der Waals surface area contributed by atoms with Crippen LogP contribution in [0.2, 0.25) is 0 Å². The smallest absolute Gasteiger partial charge is 0.226 e. The third-order valence-electron chi connectivity index (χ3n) is 4.10. The topological polar surface area (TPSA) is 59.1 Å². The second-order valence-corrected chi connectivity index (χ2v) is 7.18. The minimum absolute atomic E-state index is 0.0560. The molecular weight excluding hydrogens is 344 g/mol. The first-order chi connectivity index (χ1) is 12.5. The first-order valence-electron chi connectivity index (χ1n) is 8.46. The molecule has 2 aromatic carbocycles. The molecule has 1 heterocycles. The van der Waals surface area contributed by atoms with Gasteiger partial charge in [-0.2, -0.15) is 0 Å². The van der Waals surface area contributed by atoms with E-state index in [2.05, 4.69) is 10.3 Å². The highest BCUT2D eigenvalue weighted by molar-refractivity contribution is 7.18. The Labute approximate surface area is 156 Å². The number of hydrogen-bond acceptors (Lipinski definition) is 4. The van der Waals surface area contributed by atoms with E-state index in [1.54, 1.807) is 0 Å². The lowest BCUT2D eigenvalue weighted by Gasteiger charge is -2.10. The van der Waals surface area contributed by atoms with E-state index in [1.807, 2.05) is 67.6 Å². The number of rotatable bonds is 6. The highest BCUT2D eigenvalue weighted by atomic mass is 32.1. The van der Waals surface area contributed by atoms with Crippen LogP contribution in [0.5, 0.6) is 0 Å². The molecule has 5 heteroatoms. The van der Waals surface area contributed by atoms with E-state index >= 15 is 0 Å².